The molecule has 0 radical (unpaired) electrons. The van der Waals surface area contributed by atoms with Crippen molar-refractivity contribution in [1.29, 1.82) is 0 Å². The highest BCUT2D eigenvalue weighted by molar-refractivity contribution is 6.07. The number of piperidine rings is 1. The van der Waals surface area contributed by atoms with Gasteiger partial charge in [-0.25, -0.2) is 9.67 Å². The van der Waals surface area contributed by atoms with Gasteiger partial charge in [0.2, 0.25) is 5.91 Å². The van der Waals surface area contributed by atoms with Crippen LogP contribution in [-0.4, -0.2) is 44.6 Å². The second kappa shape index (κ2) is 9.87. The summed E-state index contributed by atoms with van der Waals surface area (Å²) < 4.78 is 1.77. The highest BCUT2D eigenvalue weighted by atomic mass is 16.2. The van der Waals surface area contributed by atoms with Gasteiger partial charge in [0.1, 0.15) is 12.7 Å². The molecule has 1 saturated heterocycles. The Labute approximate surface area is 198 Å². The molecule has 0 saturated carbocycles. The highest BCUT2D eigenvalue weighted by Crippen LogP contribution is 2.23. The van der Waals surface area contributed by atoms with Crippen molar-refractivity contribution in [3.8, 4) is 0 Å². The molecule has 1 aromatic heterocycles. The zero-order chi connectivity index (χ0) is 23.3. The lowest BCUT2D eigenvalue weighted by Crippen LogP contribution is -2.45. The summed E-state index contributed by atoms with van der Waals surface area (Å²) in [5.74, 6) is -0.196. The van der Waals surface area contributed by atoms with Gasteiger partial charge in [-0.1, -0.05) is 60.7 Å². The minimum absolute atomic E-state index is 0.00196. The number of amides is 2. The van der Waals surface area contributed by atoms with Gasteiger partial charge in [-0.05, 0) is 40.8 Å². The minimum Gasteiger partial charge on any atom is -0.352 e. The summed E-state index contributed by atoms with van der Waals surface area (Å²) in [6.07, 6.45) is 4.83. The van der Waals surface area contributed by atoms with E-state index < -0.39 is 0 Å². The fourth-order valence-corrected chi connectivity index (χ4v) is 4.56. The van der Waals surface area contributed by atoms with Crippen molar-refractivity contribution in [1.82, 2.24) is 25.0 Å². The molecular formula is C27H27N5O2. The number of carbonyl (C=O) groups excluding carboxylic acids is 2. The van der Waals surface area contributed by atoms with Crippen molar-refractivity contribution < 1.29 is 9.59 Å². The van der Waals surface area contributed by atoms with Crippen LogP contribution in [0, 0.1) is 5.92 Å². The molecule has 7 nitrogen and oxygen atoms in total. The maximum atomic E-state index is 13.3. The van der Waals surface area contributed by atoms with Crippen molar-refractivity contribution in [2.24, 2.45) is 5.92 Å². The maximum Gasteiger partial charge on any atom is 0.254 e. The molecule has 1 atom stereocenters. The molecular weight excluding hydrogens is 426 g/mol. The summed E-state index contributed by atoms with van der Waals surface area (Å²) in [6.45, 7) is 2.26. The van der Waals surface area contributed by atoms with E-state index in [1.165, 1.54) is 6.33 Å². The predicted octanol–water partition coefficient (Wildman–Crippen LogP) is 3.65. The first-order valence-corrected chi connectivity index (χ1v) is 11.6. The Balaban J connectivity index is 1.18. The molecule has 0 aliphatic carbocycles. The van der Waals surface area contributed by atoms with E-state index in [1.807, 2.05) is 71.6 Å². The molecule has 0 bridgehead atoms. The number of benzene rings is 3. The molecule has 34 heavy (non-hydrogen) atoms. The standard InChI is InChI=1S/C27H27N5O2/c33-26(29-15-20-10-12-21(13-11-20)16-32-19-28-18-30-32)23-7-4-14-31(17-23)27(34)25-9-3-6-22-5-1-2-8-24(22)25/h1-3,5-6,8-13,18-19,23H,4,7,14-17H2,(H,29,33). The number of fused-ring (bicyclic) bond motifs is 1. The highest BCUT2D eigenvalue weighted by Gasteiger charge is 2.29. The van der Waals surface area contributed by atoms with E-state index in [2.05, 4.69) is 15.4 Å². The molecule has 1 N–H and O–H groups in total. The summed E-state index contributed by atoms with van der Waals surface area (Å²) in [5, 5.41) is 9.18. The van der Waals surface area contributed by atoms with E-state index >= 15 is 0 Å². The molecule has 3 aromatic carbocycles. The Morgan fingerprint density at radius 2 is 1.76 bits per heavy atom. The van der Waals surface area contributed by atoms with Gasteiger partial charge >= 0.3 is 0 Å². The molecule has 172 valence electrons. The second-order valence-corrected chi connectivity index (χ2v) is 8.74. The van der Waals surface area contributed by atoms with Gasteiger partial charge in [-0.15, -0.1) is 0 Å². The van der Waals surface area contributed by atoms with Crippen LogP contribution in [0.25, 0.3) is 10.8 Å². The van der Waals surface area contributed by atoms with Crippen LogP contribution in [0.15, 0.2) is 79.4 Å². The smallest absolute Gasteiger partial charge is 0.254 e. The van der Waals surface area contributed by atoms with Crippen molar-refractivity contribution >= 4 is 22.6 Å². The lowest BCUT2D eigenvalue weighted by atomic mass is 9.95. The van der Waals surface area contributed by atoms with Gasteiger partial charge in [0.25, 0.3) is 5.91 Å². The van der Waals surface area contributed by atoms with Gasteiger partial charge in [0.05, 0.1) is 12.5 Å². The third-order valence-corrected chi connectivity index (χ3v) is 6.40. The predicted molar refractivity (Wildman–Crippen MR) is 130 cm³/mol. The first-order valence-electron chi connectivity index (χ1n) is 11.6. The van der Waals surface area contributed by atoms with E-state index in [0.29, 0.717) is 31.7 Å². The van der Waals surface area contributed by atoms with Crippen LogP contribution >= 0.6 is 0 Å². The van der Waals surface area contributed by atoms with Gasteiger partial charge in [-0.3, -0.25) is 9.59 Å². The molecule has 1 aliphatic rings. The molecule has 1 unspecified atom stereocenters. The molecule has 1 aliphatic heterocycles. The molecule has 7 heteroatoms. The third-order valence-electron chi connectivity index (χ3n) is 6.40. The lowest BCUT2D eigenvalue weighted by molar-refractivity contribution is -0.126. The topological polar surface area (TPSA) is 80.1 Å². The fraction of sp³-hybridized carbons (Fsp3) is 0.259. The van der Waals surface area contributed by atoms with Gasteiger partial charge < -0.3 is 10.2 Å². The van der Waals surface area contributed by atoms with Gasteiger partial charge in [0, 0.05) is 25.2 Å². The van der Waals surface area contributed by atoms with E-state index in [4.69, 9.17) is 0 Å². The third kappa shape index (κ3) is 4.83. The van der Waals surface area contributed by atoms with E-state index in [9.17, 15) is 9.59 Å². The number of nitrogens with zero attached hydrogens (tertiary/aromatic N) is 4. The summed E-state index contributed by atoms with van der Waals surface area (Å²) in [5.41, 5.74) is 2.86. The number of aromatic nitrogens is 3. The van der Waals surface area contributed by atoms with E-state index in [1.54, 1.807) is 11.0 Å². The van der Waals surface area contributed by atoms with E-state index in [0.717, 1.165) is 34.7 Å². The summed E-state index contributed by atoms with van der Waals surface area (Å²) >= 11 is 0. The SMILES string of the molecule is O=C(NCc1ccc(Cn2cncn2)cc1)C1CCCN(C(=O)c2cccc3ccccc23)C1. The summed E-state index contributed by atoms with van der Waals surface area (Å²) in [6, 6.07) is 21.8. The monoisotopic (exact) mass is 453 g/mol. The number of likely N-dealkylation sites (tertiary alicyclic amines) is 1. The minimum atomic E-state index is -0.195. The van der Waals surface area contributed by atoms with Crippen LogP contribution in [-0.2, 0) is 17.9 Å². The number of rotatable bonds is 6. The Morgan fingerprint density at radius 3 is 2.59 bits per heavy atom. The zero-order valence-electron chi connectivity index (χ0n) is 18.9. The van der Waals surface area contributed by atoms with Gasteiger partial charge in [0.15, 0.2) is 0 Å². The normalized spacial score (nSPS) is 15.9. The van der Waals surface area contributed by atoms with Crippen molar-refractivity contribution in [2.45, 2.75) is 25.9 Å². The van der Waals surface area contributed by atoms with Crippen LogP contribution in [0.5, 0.6) is 0 Å². The largest absolute Gasteiger partial charge is 0.352 e. The fourth-order valence-electron chi connectivity index (χ4n) is 4.56. The summed E-state index contributed by atoms with van der Waals surface area (Å²) in [4.78, 5) is 32.0. The van der Waals surface area contributed by atoms with Crippen molar-refractivity contribution in [3.63, 3.8) is 0 Å². The number of carbonyl (C=O) groups is 2. The number of hydrogen-bond acceptors (Lipinski definition) is 4. The molecule has 4 aromatic rings. The van der Waals surface area contributed by atoms with Crippen LogP contribution in [0.2, 0.25) is 0 Å². The average molecular weight is 454 g/mol. The van der Waals surface area contributed by atoms with Gasteiger partial charge in [-0.2, -0.15) is 5.10 Å². The Hall–Kier alpha value is -4.00. The Morgan fingerprint density at radius 1 is 0.971 bits per heavy atom. The number of hydrogen-bond donors (Lipinski definition) is 1. The second-order valence-electron chi connectivity index (χ2n) is 8.74. The molecule has 5 rings (SSSR count). The summed E-state index contributed by atoms with van der Waals surface area (Å²) in [7, 11) is 0. The maximum absolute atomic E-state index is 13.3. The van der Waals surface area contributed by atoms with E-state index in [-0.39, 0.29) is 17.7 Å². The van der Waals surface area contributed by atoms with Crippen LogP contribution in [0.4, 0.5) is 0 Å². The van der Waals surface area contributed by atoms with Crippen LogP contribution < -0.4 is 5.32 Å². The average Bonchev–Trinajstić information content (AvgIpc) is 3.40. The van der Waals surface area contributed by atoms with Crippen LogP contribution in [0.1, 0.15) is 34.3 Å². The molecule has 2 heterocycles. The molecule has 1 fully saturated rings. The first-order chi connectivity index (χ1) is 16.7. The zero-order valence-corrected chi connectivity index (χ0v) is 18.9. The first kappa shape index (κ1) is 21.8. The molecule has 0 spiro atoms. The quantitative estimate of drug-likeness (QED) is 0.483. The van der Waals surface area contributed by atoms with Crippen molar-refractivity contribution in [2.75, 3.05) is 13.1 Å². The Bertz CT molecular complexity index is 1280. The van der Waals surface area contributed by atoms with Crippen LogP contribution in [0.3, 0.4) is 0 Å². The number of nitrogens with one attached hydrogen (secondary N) is 1. The Kier molecular flexibility index (Phi) is 6.33. The molecule has 2 amide bonds. The lowest BCUT2D eigenvalue weighted by Gasteiger charge is -2.32. The van der Waals surface area contributed by atoms with Crippen molar-refractivity contribution in [3.05, 3.63) is 96.1 Å².